The first-order valence-corrected chi connectivity index (χ1v) is 24.1. The van der Waals surface area contributed by atoms with Crippen LogP contribution >= 0.6 is 0 Å². The fourth-order valence-corrected chi connectivity index (χ4v) is 11.6. The van der Waals surface area contributed by atoms with E-state index in [0.29, 0.717) is 0 Å². The van der Waals surface area contributed by atoms with Gasteiger partial charge in [-0.1, -0.05) is 120 Å². The third kappa shape index (κ3) is 6.33. The highest BCUT2D eigenvalue weighted by molar-refractivity contribution is 6.99. The summed E-state index contributed by atoms with van der Waals surface area (Å²) < 4.78 is 7.31. The van der Waals surface area contributed by atoms with Crippen molar-refractivity contribution in [2.75, 3.05) is 14.7 Å². The van der Waals surface area contributed by atoms with Gasteiger partial charge in [-0.15, -0.1) is 0 Å². The molecule has 0 saturated carbocycles. The maximum absolute atomic E-state index is 7.31. The number of para-hydroxylation sites is 1. The van der Waals surface area contributed by atoms with Crippen LogP contribution < -0.4 is 31.3 Å². The second-order valence-electron chi connectivity index (χ2n) is 21.3. The number of hydrogen-bond acceptors (Lipinski definition) is 4. The zero-order valence-electron chi connectivity index (χ0n) is 39.7. The zero-order valence-corrected chi connectivity index (χ0v) is 39.7. The maximum atomic E-state index is 7.31. The number of aryl methyl sites for hydroxylation is 3. The van der Waals surface area contributed by atoms with E-state index in [1.165, 1.54) is 102 Å². The number of anilines is 9. The maximum Gasteiger partial charge on any atom is 0.297 e. The molecular weight excluding hydrogens is 802 g/mol. The predicted molar refractivity (Wildman–Crippen MR) is 279 cm³/mol. The molecule has 0 atom stereocenters. The molecule has 0 amide bonds. The van der Waals surface area contributed by atoms with Crippen molar-refractivity contribution in [2.45, 2.75) is 98.3 Å². The monoisotopic (exact) mass is 859 g/mol. The van der Waals surface area contributed by atoms with Crippen LogP contribution in [0.25, 0.3) is 11.1 Å². The van der Waals surface area contributed by atoms with Crippen molar-refractivity contribution in [1.82, 2.24) is 0 Å². The molecule has 0 spiro atoms. The Morgan fingerprint density at radius 2 is 1.14 bits per heavy atom. The number of fused-ring (bicyclic) bond motifs is 9. The van der Waals surface area contributed by atoms with Gasteiger partial charge in [0.05, 0.1) is 17.0 Å². The molecule has 0 saturated heterocycles. The molecule has 5 heteroatoms. The SMILES string of the molecule is Cc1cc2c3c(c1)N(c1ccccc1)c1c(oc4c1CCCC4)B3c1ccc(N(c3ccc(C(C)(C)C)cc3)c3ccc(C(C)(C)C)cc3)cc1N2c1cccc2c1Cc1c(C)cccc1-2. The first kappa shape index (κ1) is 40.8. The largest absolute Gasteiger partial charge is 0.473 e. The van der Waals surface area contributed by atoms with E-state index >= 15 is 0 Å². The molecule has 1 aromatic heterocycles. The highest BCUT2D eigenvalue weighted by atomic mass is 16.3. The number of benzene rings is 7. The lowest BCUT2D eigenvalue weighted by Gasteiger charge is -2.43. The van der Waals surface area contributed by atoms with E-state index in [2.05, 4.69) is 216 Å². The van der Waals surface area contributed by atoms with Gasteiger partial charge in [-0.25, -0.2) is 0 Å². The molecule has 0 fully saturated rings. The molecule has 0 radical (unpaired) electrons. The van der Waals surface area contributed by atoms with Crippen LogP contribution in [0.1, 0.15) is 99.1 Å². The van der Waals surface area contributed by atoms with Gasteiger partial charge in [0.2, 0.25) is 0 Å². The topological polar surface area (TPSA) is 22.9 Å². The summed E-state index contributed by atoms with van der Waals surface area (Å²) in [5.74, 6) is 1.16. The van der Waals surface area contributed by atoms with Gasteiger partial charge in [-0.3, -0.25) is 0 Å². The van der Waals surface area contributed by atoms with Crippen LogP contribution in [-0.4, -0.2) is 6.71 Å². The van der Waals surface area contributed by atoms with E-state index in [0.717, 1.165) is 54.2 Å². The summed E-state index contributed by atoms with van der Waals surface area (Å²) in [6.45, 7) is 18.2. The molecule has 66 heavy (non-hydrogen) atoms. The Balaban J connectivity index is 1.14. The highest BCUT2D eigenvalue weighted by Gasteiger charge is 2.48. The molecule has 7 aromatic carbocycles. The van der Waals surface area contributed by atoms with E-state index in [9.17, 15) is 0 Å². The minimum atomic E-state index is -0.0850. The first-order valence-electron chi connectivity index (χ1n) is 24.1. The van der Waals surface area contributed by atoms with E-state index in [-0.39, 0.29) is 17.5 Å². The molecule has 4 aliphatic rings. The van der Waals surface area contributed by atoms with Crippen molar-refractivity contribution >= 4 is 74.5 Å². The number of furan rings is 1. The van der Waals surface area contributed by atoms with Crippen LogP contribution in [0.15, 0.2) is 150 Å². The standard InChI is InChI=1S/C61H58BN3O/c1-38-34-54-57-55(35-38)65(52-22-15-21-47-46-20-14-16-39(2)49(46)37-50(47)52)53-36-45(63(43-28-24-40(25-29-43)60(3,4)5)44-30-26-41(27-31-44)61(6,7)8)32-33-51(53)62(57)59-58(48-19-12-13-23-56(48)66-59)64(54)42-17-10-9-11-18-42/h9-11,14-18,20-22,24-36H,12-13,19,23,37H2,1-8H3. The smallest absolute Gasteiger partial charge is 0.297 e. The summed E-state index contributed by atoms with van der Waals surface area (Å²) in [6.07, 6.45) is 5.24. The van der Waals surface area contributed by atoms with Gasteiger partial charge in [0.15, 0.2) is 0 Å². The van der Waals surface area contributed by atoms with Gasteiger partial charge < -0.3 is 19.1 Å². The Morgan fingerprint density at radius 1 is 0.530 bits per heavy atom. The summed E-state index contributed by atoms with van der Waals surface area (Å²) >= 11 is 0. The summed E-state index contributed by atoms with van der Waals surface area (Å²) in [6, 6.07) is 55.4. The number of hydrogen-bond donors (Lipinski definition) is 0. The molecule has 0 unspecified atom stereocenters. The zero-order chi connectivity index (χ0) is 45.2. The summed E-state index contributed by atoms with van der Waals surface area (Å²) in [7, 11) is 0. The molecular formula is C61H58BN3O. The van der Waals surface area contributed by atoms with Gasteiger partial charge in [0.25, 0.3) is 6.71 Å². The third-order valence-corrected chi connectivity index (χ3v) is 15.0. The molecule has 0 N–H and O–H groups in total. The minimum Gasteiger partial charge on any atom is -0.473 e. The van der Waals surface area contributed by atoms with Crippen molar-refractivity contribution in [1.29, 1.82) is 0 Å². The molecule has 4 nitrogen and oxygen atoms in total. The van der Waals surface area contributed by atoms with Crippen molar-refractivity contribution < 1.29 is 4.42 Å². The number of nitrogens with zero attached hydrogens (tertiary/aromatic N) is 3. The first-order chi connectivity index (χ1) is 31.8. The minimum absolute atomic E-state index is 0.0442. The Hall–Kier alpha value is -6.72. The lowest BCUT2D eigenvalue weighted by atomic mass is 9.35. The Labute approximate surface area is 391 Å². The summed E-state index contributed by atoms with van der Waals surface area (Å²) in [5, 5.41) is 0. The van der Waals surface area contributed by atoms with Crippen LogP contribution in [0.5, 0.6) is 0 Å². The molecule has 2 aliphatic carbocycles. The van der Waals surface area contributed by atoms with Crippen LogP contribution in [0, 0.1) is 13.8 Å². The Bertz CT molecular complexity index is 3160. The van der Waals surface area contributed by atoms with Crippen molar-refractivity contribution in [3.05, 3.63) is 190 Å². The van der Waals surface area contributed by atoms with Gasteiger partial charge in [-0.2, -0.15) is 0 Å². The summed E-state index contributed by atoms with van der Waals surface area (Å²) in [4.78, 5) is 7.63. The van der Waals surface area contributed by atoms with Gasteiger partial charge >= 0.3 is 0 Å². The molecule has 326 valence electrons. The quantitative estimate of drug-likeness (QED) is 0.161. The van der Waals surface area contributed by atoms with Gasteiger partial charge in [0.1, 0.15) is 5.76 Å². The van der Waals surface area contributed by atoms with Gasteiger partial charge in [-0.05, 0) is 166 Å². The molecule has 2 aliphatic heterocycles. The lowest BCUT2D eigenvalue weighted by Crippen LogP contribution is -2.61. The van der Waals surface area contributed by atoms with Crippen molar-refractivity contribution in [2.24, 2.45) is 0 Å². The fraction of sp³-hybridized carbons (Fsp3) is 0.246. The van der Waals surface area contributed by atoms with Crippen LogP contribution in [0.3, 0.4) is 0 Å². The van der Waals surface area contributed by atoms with E-state index in [1.807, 2.05) is 0 Å². The lowest BCUT2D eigenvalue weighted by molar-refractivity contribution is 0.497. The molecule has 12 rings (SSSR count). The van der Waals surface area contributed by atoms with E-state index < -0.39 is 0 Å². The normalized spacial score (nSPS) is 14.6. The molecule has 8 aromatic rings. The molecule has 3 heterocycles. The highest BCUT2D eigenvalue weighted by Crippen LogP contribution is 2.51. The number of rotatable bonds is 5. The van der Waals surface area contributed by atoms with Crippen LogP contribution in [0.2, 0.25) is 0 Å². The Kier molecular flexibility index (Phi) is 9.21. The van der Waals surface area contributed by atoms with Crippen LogP contribution in [-0.2, 0) is 30.1 Å². The molecule has 0 bridgehead atoms. The fourth-order valence-electron chi connectivity index (χ4n) is 11.6. The average Bonchev–Trinajstić information content (AvgIpc) is 3.89. The van der Waals surface area contributed by atoms with Crippen molar-refractivity contribution in [3.63, 3.8) is 0 Å². The van der Waals surface area contributed by atoms with Crippen LogP contribution in [0.4, 0.5) is 51.2 Å². The van der Waals surface area contributed by atoms with E-state index in [4.69, 9.17) is 4.42 Å². The second-order valence-corrected chi connectivity index (χ2v) is 21.3. The second kappa shape index (κ2) is 14.9. The average molecular weight is 860 g/mol. The van der Waals surface area contributed by atoms with Crippen molar-refractivity contribution in [3.8, 4) is 11.1 Å². The predicted octanol–water partition coefficient (Wildman–Crippen LogP) is 14.5. The summed E-state index contributed by atoms with van der Waals surface area (Å²) in [5.41, 5.74) is 26.5. The Morgan fingerprint density at radius 3 is 1.80 bits per heavy atom. The van der Waals surface area contributed by atoms with E-state index in [1.54, 1.807) is 0 Å². The third-order valence-electron chi connectivity index (χ3n) is 15.0. The van der Waals surface area contributed by atoms with Gasteiger partial charge in [0, 0.05) is 58.2 Å².